The van der Waals surface area contributed by atoms with E-state index in [-0.39, 0.29) is 6.10 Å². The number of hydrogen-bond acceptors (Lipinski definition) is 6. The van der Waals surface area contributed by atoms with Crippen LogP contribution in [0.4, 0.5) is 5.69 Å². The summed E-state index contributed by atoms with van der Waals surface area (Å²) < 4.78 is 14.0. The molecule has 0 amide bonds. The highest BCUT2D eigenvalue weighted by molar-refractivity contribution is 5.70. The Morgan fingerprint density at radius 1 is 0.917 bits per heavy atom. The van der Waals surface area contributed by atoms with Crippen molar-refractivity contribution in [2.75, 3.05) is 57.4 Å². The number of imidazole rings is 1. The SMILES string of the molecule is CC1Oc2cc(-c3ccc(N4CCN(C(C)C)CC4)cc3)ccc2-n2cc(CN3CCOCC3)nc21. The van der Waals surface area contributed by atoms with Crippen LogP contribution in [-0.2, 0) is 11.3 Å². The van der Waals surface area contributed by atoms with Crippen LogP contribution in [0.3, 0.4) is 0 Å². The largest absolute Gasteiger partial charge is 0.481 e. The Morgan fingerprint density at radius 2 is 1.64 bits per heavy atom. The van der Waals surface area contributed by atoms with Crippen molar-refractivity contribution < 1.29 is 9.47 Å². The van der Waals surface area contributed by atoms with Gasteiger partial charge in [0.2, 0.25) is 0 Å². The van der Waals surface area contributed by atoms with Crippen LogP contribution in [0.2, 0.25) is 0 Å². The summed E-state index contributed by atoms with van der Waals surface area (Å²) in [7, 11) is 0. The third kappa shape index (κ3) is 4.63. The fourth-order valence-electron chi connectivity index (χ4n) is 5.58. The highest BCUT2D eigenvalue weighted by Crippen LogP contribution is 2.38. The standard InChI is InChI=1S/C29H37N5O2/c1-21(2)32-10-12-33(13-11-32)26-7-4-23(5-8-26)24-6-9-27-28(18-24)36-22(3)29-30-25(20-34(27)29)19-31-14-16-35-17-15-31/h4-9,18,20-22H,10-17,19H2,1-3H3. The second-order valence-electron chi connectivity index (χ2n) is 10.5. The molecule has 0 aliphatic carbocycles. The first-order chi connectivity index (χ1) is 17.5. The third-order valence-corrected chi connectivity index (χ3v) is 7.77. The van der Waals surface area contributed by atoms with Crippen molar-refractivity contribution in [1.82, 2.24) is 19.4 Å². The van der Waals surface area contributed by atoms with Gasteiger partial charge in [-0.3, -0.25) is 14.4 Å². The summed E-state index contributed by atoms with van der Waals surface area (Å²) in [5.41, 5.74) is 5.84. The van der Waals surface area contributed by atoms with Crippen LogP contribution < -0.4 is 9.64 Å². The number of rotatable bonds is 5. The fraction of sp³-hybridized carbons (Fsp3) is 0.483. The summed E-state index contributed by atoms with van der Waals surface area (Å²) >= 11 is 0. The van der Waals surface area contributed by atoms with Crippen LogP contribution >= 0.6 is 0 Å². The zero-order valence-corrected chi connectivity index (χ0v) is 21.7. The van der Waals surface area contributed by atoms with Crippen molar-refractivity contribution >= 4 is 5.69 Å². The highest BCUT2D eigenvalue weighted by atomic mass is 16.5. The van der Waals surface area contributed by atoms with Crippen molar-refractivity contribution in [2.45, 2.75) is 39.5 Å². The molecular weight excluding hydrogens is 450 g/mol. The number of morpholine rings is 1. The zero-order chi connectivity index (χ0) is 24.6. The molecule has 0 saturated carbocycles. The van der Waals surface area contributed by atoms with Crippen LogP contribution in [-0.4, -0.2) is 77.9 Å². The Bertz CT molecular complexity index is 1190. The van der Waals surface area contributed by atoms with Gasteiger partial charge in [-0.15, -0.1) is 0 Å². The minimum Gasteiger partial charge on any atom is -0.481 e. The molecule has 3 aliphatic heterocycles. The lowest BCUT2D eigenvalue weighted by Crippen LogP contribution is -2.48. The van der Waals surface area contributed by atoms with E-state index in [0.29, 0.717) is 6.04 Å². The van der Waals surface area contributed by atoms with Gasteiger partial charge < -0.3 is 14.4 Å². The van der Waals surface area contributed by atoms with Crippen molar-refractivity contribution in [1.29, 1.82) is 0 Å². The van der Waals surface area contributed by atoms with E-state index in [1.54, 1.807) is 0 Å². The van der Waals surface area contributed by atoms with E-state index >= 15 is 0 Å². The summed E-state index contributed by atoms with van der Waals surface area (Å²) in [5.74, 6) is 1.89. The van der Waals surface area contributed by atoms with Crippen molar-refractivity contribution in [3.8, 4) is 22.6 Å². The minimum atomic E-state index is -0.0851. The number of aromatic nitrogens is 2. The molecule has 4 heterocycles. The van der Waals surface area contributed by atoms with Gasteiger partial charge in [0.15, 0.2) is 11.9 Å². The van der Waals surface area contributed by atoms with Crippen LogP contribution in [0, 0.1) is 0 Å². The molecule has 2 saturated heterocycles. The highest BCUT2D eigenvalue weighted by Gasteiger charge is 2.26. The summed E-state index contributed by atoms with van der Waals surface area (Å²) in [6.07, 6.45) is 2.09. The van der Waals surface area contributed by atoms with Gasteiger partial charge in [-0.25, -0.2) is 4.98 Å². The number of ether oxygens (including phenoxy) is 2. The van der Waals surface area contributed by atoms with E-state index in [1.807, 2.05) is 0 Å². The van der Waals surface area contributed by atoms with E-state index < -0.39 is 0 Å². The van der Waals surface area contributed by atoms with Gasteiger partial charge >= 0.3 is 0 Å². The predicted molar refractivity (Wildman–Crippen MR) is 143 cm³/mol. The van der Waals surface area contributed by atoms with Gasteiger partial charge in [0.05, 0.1) is 24.6 Å². The van der Waals surface area contributed by atoms with Crippen LogP contribution in [0.1, 0.15) is 38.4 Å². The molecule has 7 nitrogen and oxygen atoms in total. The second-order valence-corrected chi connectivity index (χ2v) is 10.5. The van der Waals surface area contributed by atoms with E-state index in [9.17, 15) is 0 Å². The summed E-state index contributed by atoms with van der Waals surface area (Å²) in [6, 6.07) is 16.2. The average Bonchev–Trinajstić information content (AvgIpc) is 3.34. The van der Waals surface area contributed by atoms with Gasteiger partial charge in [0.25, 0.3) is 0 Å². The minimum absolute atomic E-state index is 0.0851. The number of fused-ring (bicyclic) bond motifs is 3. The molecular formula is C29H37N5O2. The Kier molecular flexibility index (Phi) is 6.46. The molecule has 1 aromatic heterocycles. The molecule has 1 atom stereocenters. The Hall–Kier alpha value is -2.87. The van der Waals surface area contributed by atoms with Gasteiger partial charge in [-0.05, 0) is 56.2 Å². The average molecular weight is 488 g/mol. The van der Waals surface area contributed by atoms with Gasteiger partial charge in [-0.2, -0.15) is 0 Å². The maximum Gasteiger partial charge on any atom is 0.154 e. The molecule has 3 aromatic rings. The monoisotopic (exact) mass is 487 g/mol. The number of piperazine rings is 1. The molecule has 0 bridgehead atoms. The third-order valence-electron chi connectivity index (χ3n) is 7.77. The lowest BCUT2D eigenvalue weighted by molar-refractivity contribution is 0.0336. The van der Waals surface area contributed by atoms with E-state index in [0.717, 1.165) is 82.0 Å². The molecule has 0 spiro atoms. The van der Waals surface area contributed by atoms with Gasteiger partial charge in [0.1, 0.15) is 5.75 Å². The normalized spacial score (nSPS) is 20.8. The Labute approximate surface area is 214 Å². The maximum atomic E-state index is 6.34. The van der Waals surface area contributed by atoms with E-state index in [2.05, 4.69) is 88.7 Å². The first-order valence-electron chi connectivity index (χ1n) is 13.3. The van der Waals surface area contributed by atoms with Crippen LogP contribution in [0.15, 0.2) is 48.7 Å². The Morgan fingerprint density at radius 3 is 2.36 bits per heavy atom. The Balaban J connectivity index is 1.19. The first-order valence-corrected chi connectivity index (χ1v) is 13.3. The summed E-state index contributed by atoms with van der Waals surface area (Å²) in [6.45, 7) is 15.4. The molecule has 6 rings (SSSR count). The van der Waals surface area contributed by atoms with Crippen molar-refractivity contribution in [2.24, 2.45) is 0 Å². The molecule has 36 heavy (non-hydrogen) atoms. The molecule has 0 radical (unpaired) electrons. The smallest absolute Gasteiger partial charge is 0.154 e. The molecule has 1 unspecified atom stereocenters. The summed E-state index contributed by atoms with van der Waals surface area (Å²) in [4.78, 5) is 12.4. The lowest BCUT2D eigenvalue weighted by Gasteiger charge is -2.38. The van der Waals surface area contributed by atoms with E-state index in [4.69, 9.17) is 14.5 Å². The molecule has 2 fully saturated rings. The van der Waals surface area contributed by atoms with Crippen molar-refractivity contribution in [3.63, 3.8) is 0 Å². The molecule has 190 valence electrons. The number of hydrogen-bond donors (Lipinski definition) is 0. The van der Waals surface area contributed by atoms with Gasteiger partial charge in [0, 0.05) is 63.7 Å². The topological polar surface area (TPSA) is 46.0 Å². The molecule has 7 heteroatoms. The predicted octanol–water partition coefficient (Wildman–Crippen LogP) is 4.36. The van der Waals surface area contributed by atoms with Crippen LogP contribution in [0.5, 0.6) is 5.75 Å². The quantitative estimate of drug-likeness (QED) is 0.533. The molecule has 3 aliphatic rings. The van der Waals surface area contributed by atoms with E-state index in [1.165, 1.54) is 16.8 Å². The molecule has 2 aromatic carbocycles. The number of anilines is 1. The van der Waals surface area contributed by atoms with Crippen LogP contribution in [0.25, 0.3) is 16.8 Å². The lowest BCUT2D eigenvalue weighted by atomic mass is 10.0. The molecule has 0 N–H and O–H groups in total. The first kappa shape index (κ1) is 23.5. The number of benzene rings is 2. The second kappa shape index (κ2) is 9.88. The fourth-order valence-corrected chi connectivity index (χ4v) is 5.58. The zero-order valence-electron chi connectivity index (χ0n) is 21.7. The maximum absolute atomic E-state index is 6.34. The van der Waals surface area contributed by atoms with Crippen molar-refractivity contribution in [3.05, 3.63) is 60.2 Å². The van der Waals surface area contributed by atoms with Gasteiger partial charge in [-0.1, -0.05) is 18.2 Å². The number of nitrogens with zero attached hydrogens (tertiary/aromatic N) is 5. The summed E-state index contributed by atoms with van der Waals surface area (Å²) in [5, 5.41) is 0.